The molecule has 4 aliphatic carbocycles. The van der Waals surface area contributed by atoms with Gasteiger partial charge in [-0.05, 0) is 80.6 Å². The van der Waals surface area contributed by atoms with Crippen molar-refractivity contribution in [1.29, 1.82) is 0 Å². The van der Waals surface area contributed by atoms with Crippen LogP contribution in [0.3, 0.4) is 0 Å². The predicted molar refractivity (Wildman–Crippen MR) is 108 cm³/mol. The summed E-state index contributed by atoms with van der Waals surface area (Å²) in [6, 6.07) is 0. The van der Waals surface area contributed by atoms with Crippen molar-refractivity contribution in [3.8, 4) is 0 Å². The van der Waals surface area contributed by atoms with Gasteiger partial charge in [-0.2, -0.15) is 0 Å². The van der Waals surface area contributed by atoms with E-state index >= 15 is 0 Å². The fourth-order valence-corrected chi connectivity index (χ4v) is 7.88. The molecule has 0 radical (unpaired) electrons. The number of hydrogen-bond acceptors (Lipinski definition) is 5. The summed E-state index contributed by atoms with van der Waals surface area (Å²) in [6.07, 6.45) is 8.93. The van der Waals surface area contributed by atoms with Gasteiger partial charge in [0.05, 0.1) is 11.8 Å². The monoisotopic (exact) mass is 388 g/mol. The largest absolute Gasteiger partial charge is 0.391 e. The Morgan fingerprint density at radius 2 is 1.89 bits per heavy atom. The van der Waals surface area contributed by atoms with E-state index in [0.717, 1.165) is 76.6 Å². The number of nitrogens with one attached hydrogen (secondary N) is 1. The first-order valence-corrected chi connectivity index (χ1v) is 11.6. The molecule has 0 aromatic heterocycles. The third kappa shape index (κ3) is 2.72. The minimum absolute atomic E-state index is 0.0621. The first-order valence-electron chi connectivity index (χ1n) is 11.6. The second-order valence-corrected chi connectivity index (χ2v) is 10.7. The van der Waals surface area contributed by atoms with Gasteiger partial charge >= 0.3 is 0 Å². The number of aliphatic hydroxyl groups is 1. The van der Waals surface area contributed by atoms with Crippen LogP contribution >= 0.6 is 0 Å². The van der Waals surface area contributed by atoms with Gasteiger partial charge in [-0.25, -0.2) is 0 Å². The predicted octanol–water partition coefficient (Wildman–Crippen LogP) is 3.30. The summed E-state index contributed by atoms with van der Waals surface area (Å²) in [7, 11) is 0. The molecular weight excluding hydrogens is 352 g/mol. The summed E-state index contributed by atoms with van der Waals surface area (Å²) in [4.78, 5) is 18.3. The SMILES string of the molecule is C[C@]12CCC(=NO[C@@H]3CCNC3)C(O)C1CC[C@@H]1[C@@H]2CC[C@]2(C)C(=O)CC[C@@H]12. The van der Waals surface area contributed by atoms with Crippen molar-refractivity contribution in [2.45, 2.75) is 83.8 Å². The van der Waals surface area contributed by atoms with Gasteiger partial charge in [0.2, 0.25) is 0 Å². The molecule has 5 heteroatoms. The summed E-state index contributed by atoms with van der Waals surface area (Å²) in [5, 5.41) is 18.9. The standard InChI is InChI=1S/C23H36N2O3/c1-22-11-8-19(25-28-14-9-12-24-13-14)21(27)18(22)4-3-15-16-5-6-20(26)23(16,2)10-7-17(15)22/h14-18,21,24,27H,3-13H2,1-2H3/t14-,15+,16+,17+,18?,21?,22-,23+/m1/s1. The van der Waals surface area contributed by atoms with Gasteiger partial charge in [0.15, 0.2) is 0 Å². The quantitative estimate of drug-likeness (QED) is 0.712. The summed E-state index contributed by atoms with van der Waals surface area (Å²) in [6.45, 7) is 6.52. The fraction of sp³-hybridized carbons (Fsp3) is 0.913. The summed E-state index contributed by atoms with van der Waals surface area (Å²) < 4.78 is 0. The number of oxime groups is 1. The minimum Gasteiger partial charge on any atom is -0.391 e. The van der Waals surface area contributed by atoms with E-state index in [4.69, 9.17) is 4.84 Å². The molecule has 0 bridgehead atoms. The number of hydrogen-bond donors (Lipinski definition) is 2. The molecule has 4 saturated carbocycles. The van der Waals surface area contributed by atoms with Crippen LogP contribution in [0.15, 0.2) is 5.16 Å². The molecule has 1 heterocycles. The summed E-state index contributed by atoms with van der Waals surface area (Å²) in [5.41, 5.74) is 0.973. The first-order chi connectivity index (χ1) is 13.4. The van der Waals surface area contributed by atoms with E-state index in [1.165, 1.54) is 0 Å². The molecule has 5 rings (SSSR count). The zero-order valence-corrected chi connectivity index (χ0v) is 17.5. The molecule has 8 atom stereocenters. The highest BCUT2D eigenvalue weighted by atomic mass is 16.6. The number of Topliss-reactive ketones (excluding diaryl/α,β-unsaturated/α-hetero) is 1. The lowest BCUT2D eigenvalue weighted by molar-refractivity contribution is -0.141. The smallest absolute Gasteiger partial charge is 0.141 e. The fourth-order valence-electron chi connectivity index (χ4n) is 7.88. The number of fused-ring (bicyclic) bond motifs is 5. The van der Waals surface area contributed by atoms with E-state index < -0.39 is 6.10 Å². The maximum absolute atomic E-state index is 12.6. The molecule has 156 valence electrons. The van der Waals surface area contributed by atoms with Crippen molar-refractivity contribution >= 4 is 11.5 Å². The minimum atomic E-state index is -0.465. The topological polar surface area (TPSA) is 70.9 Å². The Balaban J connectivity index is 1.34. The first kappa shape index (κ1) is 19.0. The van der Waals surface area contributed by atoms with Crippen LogP contribution in [-0.2, 0) is 9.63 Å². The molecule has 2 N–H and O–H groups in total. The molecule has 1 saturated heterocycles. The van der Waals surface area contributed by atoms with Gasteiger partial charge in [0, 0.05) is 24.8 Å². The Morgan fingerprint density at radius 1 is 1.04 bits per heavy atom. The van der Waals surface area contributed by atoms with E-state index in [1.54, 1.807) is 0 Å². The second kappa shape index (κ2) is 6.80. The van der Waals surface area contributed by atoms with Crippen molar-refractivity contribution < 1.29 is 14.7 Å². The number of ketones is 1. The van der Waals surface area contributed by atoms with E-state index in [0.29, 0.717) is 23.5 Å². The molecule has 0 aromatic rings. The van der Waals surface area contributed by atoms with Gasteiger partial charge in [0.25, 0.3) is 0 Å². The van der Waals surface area contributed by atoms with Crippen LogP contribution in [0.25, 0.3) is 0 Å². The van der Waals surface area contributed by atoms with Crippen molar-refractivity contribution in [1.82, 2.24) is 5.32 Å². The average molecular weight is 389 g/mol. The molecule has 5 nitrogen and oxygen atoms in total. The molecule has 1 aliphatic heterocycles. The zero-order chi connectivity index (χ0) is 19.5. The molecule has 0 aromatic carbocycles. The number of carbonyl (C=O) groups excluding carboxylic acids is 1. The Bertz CT molecular complexity index is 673. The third-order valence-electron chi connectivity index (χ3n) is 9.63. The van der Waals surface area contributed by atoms with Crippen LogP contribution in [0.4, 0.5) is 0 Å². The van der Waals surface area contributed by atoms with E-state index in [-0.39, 0.29) is 22.9 Å². The molecule has 0 amide bonds. The Kier molecular flexibility index (Phi) is 4.63. The van der Waals surface area contributed by atoms with Gasteiger partial charge in [0.1, 0.15) is 11.9 Å². The second-order valence-electron chi connectivity index (χ2n) is 10.7. The Morgan fingerprint density at radius 3 is 2.68 bits per heavy atom. The van der Waals surface area contributed by atoms with E-state index in [1.807, 2.05) is 0 Å². The zero-order valence-electron chi connectivity index (χ0n) is 17.5. The van der Waals surface area contributed by atoms with Crippen LogP contribution < -0.4 is 5.32 Å². The lowest BCUT2D eigenvalue weighted by atomic mass is 9.45. The maximum atomic E-state index is 12.6. The van der Waals surface area contributed by atoms with Crippen LogP contribution in [-0.4, -0.2) is 41.9 Å². The Labute approximate surface area is 168 Å². The van der Waals surface area contributed by atoms with E-state index in [2.05, 4.69) is 24.3 Å². The number of carbonyl (C=O) groups is 1. The molecular formula is C23H36N2O3. The number of rotatable bonds is 2. The number of nitrogens with zero attached hydrogens (tertiary/aromatic N) is 1. The van der Waals surface area contributed by atoms with Crippen molar-refractivity contribution in [2.24, 2.45) is 39.7 Å². The molecule has 5 fully saturated rings. The normalized spacial score (nSPS) is 52.2. The van der Waals surface area contributed by atoms with Crippen LogP contribution in [0, 0.1) is 34.5 Å². The summed E-state index contributed by atoms with van der Waals surface area (Å²) in [5.74, 6) is 2.68. The highest BCUT2D eigenvalue weighted by Crippen LogP contribution is 2.65. The number of aliphatic hydroxyl groups excluding tert-OH is 1. The Hall–Kier alpha value is -0.940. The molecule has 5 aliphatic rings. The van der Waals surface area contributed by atoms with Crippen LogP contribution in [0.1, 0.15) is 71.6 Å². The maximum Gasteiger partial charge on any atom is 0.141 e. The molecule has 0 spiro atoms. The van der Waals surface area contributed by atoms with Crippen molar-refractivity contribution in [3.05, 3.63) is 0 Å². The van der Waals surface area contributed by atoms with E-state index in [9.17, 15) is 9.90 Å². The molecule has 28 heavy (non-hydrogen) atoms. The molecule has 2 unspecified atom stereocenters. The highest BCUT2D eigenvalue weighted by Gasteiger charge is 2.61. The summed E-state index contributed by atoms with van der Waals surface area (Å²) >= 11 is 0. The van der Waals surface area contributed by atoms with Crippen molar-refractivity contribution in [2.75, 3.05) is 13.1 Å². The van der Waals surface area contributed by atoms with Gasteiger partial charge in [-0.3, -0.25) is 4.79 Å². The highest BCUT2D eigenvalue weighted by molar-refractivity contribution is 5.89. The van der Waals surface area contributed by atoms with Crippen molar-refractivity contribution in [3.63, 3.8) is 0 Å². The van der Waals surface area contributed by atoms with Crippen LogP contribution in [0.2, 0.25) is 0 Å². The average Bonchev–Trinajstić information content (AvgIpc) is 3.29. The lowest BCUT2D eigenvalue weighted by Crippen LogP contribution is -2.57. The van der Waals surface area contributed by atoms with Gasteiger partial charge < -0.3 is 15.3 Å². The van der Waals surface area contributed by atoms with Gasteiger partial charge in [-0.15, -0.1) is 0 Å². The van der Waals surface area contributed by atoms with Gasteiger partial charge in [-0.1, -0.05) is 19.0 Å². The third-order valence-corrected chi connectivity index (χ3v) is 9.63. The lowest BCUT2D eigenvalue weighted by Gasteiger charge is -2.60. The van der Waals surface area contributed by atoms with Crippen LogP contribution in [0.5, 0.6) is 0 Å².